The summed E-state index contributed by atoms with van der Waals surface area (Å²) in [5.74, 6) is 0.0151. The summed E-state index contributed by atoms with van der Waals surface area (Å²) in [6, 6.07) is 5.39. The van der Waals surface area contributed by atoms with Gasteiger partial charge in [-0.3, -0.25) is 14.6 Å². The third-order valence-electron chi connectivity index (χ3n) is 4.43. The molecule has 4 nitrogen and oxygen atoms in total. The molecule has 0 saturated carbocycles. The van der Waals surface area contributed by atoms with Crippen LogP contribution < -0.4 is 5.32 Å². The van der Waals surface area contributed by atoms with E-state index in [1.807, 2.05) is 20.8 Å². The van der Waals surface area contributed by atoms with Crippen LogP contribution in [-0.4, -0.2) is 54.0 Å². The van der Waals surface area contributed by atoms with Gasteiger partial charge in [0, 0.05) is 38.8 Å². The zero-order valence-corrected chi connectivity index (χ0v) is 14.9. The van der Waals surface area contributed by atoms with Crippen LogP contribution in [0.3, 0.4) is 0 Å². The normalized spacial score (nSPS) is 18.4. The first kappa shape index (κ1) is 19.7. The van der Waals surface area contributed by atoms with Crippen LogP contribution in [0, 0.1) is 0 Å². The lowest BCUT2D eigenvalue weighted by Gasteiger charge is -2.37. The maximum absolute atomic E-state index is 12.8. The Bertz CT molecular complexity index is 581. The van der Waals surface area contributed by atoms with E-state index >= 15 is 0 Å². The van der Waals surface area contributed by atoms with Crippen LogP contribution in [0.15, 0.2) is 24.3 Å². The minimum absolute atomic E-state index is 0.0151. The predicted octanol–water partition coefficient (Wildman–Crippen LogP) is 2.74. The highest BCUT2D eigenvalue weighted by molar-refractivity contribution is 5.81. The maximum atomic E-state index is 12.8. The lowest BCUT2D eigenvalue weighted by atomic mass is 10.1. The fourth-order valence-electron chi connectivity index (χ4n) is 2.98. The molecule has 1 atom stereocenters. The second-order valence-electron chi connectivity index (χ2n) is 6.85. The van der Waals surface area contributed by atoms with Crippen molar-refractivity contribution in [1.82, 2.24) is 15.1 Å². The van der Waals surface area contributed by atoms with Gasteiger partial charge < -0.3 is 5.32 Å². The highest BCUT2D eigenvalue weighted by Crippen LogP contribution is 2.29. The van der Waals surface area contributed by atoms with Gasteiger partial charge in [0.2, 0.25) is 5.91 Å². The van der Waals surface area contributed by atoms with Gasteiger partial charge in [0.25, 0.3) is 0 Å². The highest BCUT2D eigenvalue weighted by Gasteiger charge is 2.31. The van der Waals surface area contributed by atoms with Crippen LogP contribution in [0.4, 0.5) is 13.2 Å². The number of benzene rings is 1. The van der Waals surface area contributed by atoms with Crippen molar-refractivity contribution in [3.05, 3.63) is 35.4 Å². The van der Waals surface area contributed by atoms with Crippen LogP contribution in [0.1, 0.15) is 31.9 Å². The van der Waals surface area contributed by atoms with Crippen LogP contribution >= 0.6 is 0 Å². The fourth-order valence-corrected chi connectivity index (χ4v) is 2.98. The molecule has 0 aromatic heterocycles. The van der Waals surface area contributed by atoms with Crippen LogP contribution in [0.2, 0.25) is 0 Å². The Morgan fingerprint density at radius 3 is 2.36 bits per heavy atom. The monoisotopic (exact) mass is 357 g/mol. The van der Waals surface area contributed by atoms with Gasteiger partial charge in [-0.2, -0.15) is 13.2 Å². The van der Waals surface area contributed by atoms with Gasteiger partial charge in [-0.05, 0) is 32.4 Å². The van der Waals surface area contributed by atoms with E-state index in [1.165, 1.54) is 12.1 Å². The summed E-state index contributed by atoms with van der Waals surface area (Å²) in [5, 5.41) is 2.91. The number of amides is 1. The van der Waals surface area contributed by atoms with Gasteiger partial charge in [-0.1, -0.05) is 18.2 Å². The van der Waals surface area contributed by atoms with Gasteiger partial charge in [0.05, 0.1) is 11.6 Å². The third kappa shape index (κ3) is 5.71. The first-order chi connectivity index (χ1) is 11.7. The molecule has 1 amide bonds. The largest absolute Gasteiger partial charge is 0.416 e. The lowest BCUT2D eigenvalue weighted by Crippen LogP contribution is -2.54. The second kappa shape index (κ2) is 8.19. The summed E-state index contributed by atoms with van der Waals surface area (Å²) < 4.78 is 38.4. The third-order valence-corrected chi connectivity index (χ3v) is 4.43. The molecule has 0 bridgehead atoms. The molecule has 0 spiro atoms. The number of nitrogens with zero attached hydrogens (tertiary/aromatic N) is 2. The number of rotatable bonds is 5. The quantitative estimate of drug-likeness (QED) is 0.880. The highest BCUT2D eigenvalue weighted by atomic mass is 19.4. The van der Waals surface area contributed by atoms with E-state index in [0.717, 1.165) is 32.2 Å². The van der Waals surface area contributed by atoms with Crippen molar-refractivity contribution in [2.24, 2.45) is 0 Å². The molecule has 0 radical (unpaired) electrons. The Balaban J connectivity index is 1.87. The average Bonchev–Trinajstić information content (AvgIpc) is 2.54. The van der Waals surface area contributed by atoms with Crippen molar-refractivity contribution in [3.8, 4) is 0 Å². The van der Waals surface area contributed by atoms with E-state index in [4.69, 9.17) is 0 Å². The van der Waals surface area contributed by atoms with Gasteiger partial charge in [-0.15, -0.1) is 0 Å². The maximum Gasteiger partial charge on any atom is 0.416 e. The number of carbonyl (C=O) groups excluding carboxylic acids is 1. The topological polar surface area (TPSA) is 35.6 Å². The molecular weight excluding hydrogens is 331 g/mol. The molecule has 1 heterocycles. The van der Waals surface area contributed by atoms with Gasteiger partial charge in [-0.25, -0.2) is 0 Å². The molecule has 1 aliphatic heterocycles. The van der Waals surface area contributed by atoms with E-state index in [2.05, 4.69) is 15.1 Å². The van der Waals surface area contributed by atoms with Crippen molar-refractivity contribution in [1.29, 1.82) is 0 Å². The molecule has 0 aliphatic carbocycles. The number of piperazine rings is 1. The van der Waals surface area contributed by atoms with Crippen molar-refractivity contribution in [2.45, 2.75) is 45.6 Å². The Labute approximate surface area is 147 Å². The standard InChI is InChI=1S/C18H26F3N3O/c1-13(2)22-17(25)14(3)24-9-7-23(8-10-24)12-15-5-4-6-16(11-15)18(19,20)21/h4-6,11,13-14H,7-10,12H2,1-3H3,(H,22,25)/t14-/m0/s1. The zero-order valence-electron chi connectivity index (χ0n) is 14.9. The number of alkyl halides is 3. The summed E-state index contributed by atoms with van der Waals surface area (Å²) in [6.45, 7) is 9.15. The van der Waals surface area contributed by atoms with Crippen LogP contribution in [0.5, 0.6) is 0 Å². The second-order valence-corrected chi connectivity index (χ2v) is 6.85. The van der Waals surface area contributed by atoms with E-state index in [-0.39, 0.29) is 18.0 Å². The number of hydrogen-bond acceptors (Lipinski definition) is 3. The summed E-state index contributed by atoms with van der Waals surface area (Å²) in [6.07, 6.45) is -4.31. The SMILES string of the molecule is CC(C)NC(=O)[C@H](C)N1CCN(Cc2cccc(C(F)(F)F)c2)CC1. The first-order valence-corrected chi connectivity index (χ1v) is 8.59. The summed E-state index contributed by atoms with van der Waals surface area (Å²) in [4.78, 5) is 16.3. The number of nitrogens with one attached hydrogen (secondary N) is 1. The molecule has 1 fully saturated rings. The predicted molar refractivity (Wildman–Crippen MR) is 91.0 cm³/mol. The molecular formula is C18H26F3N3O. The average molecular weight is 357 g/mol. The Hall–Kier alpha value is -1.60. The Morgan fingerprint density at radius 2 is 1.80 bits per heavy atom. The minimum atomic E-state index is -4.31. The van der Waals surface area contributed by atoms with E-state index in [1.54, 1.807) is 6.07 Å². The summed E-state index contributed by atoms with van der Waals surface area (Å²) >= 11 is 0. The van der Waals surface area contributed by atoms with Crippen molar-refractivity contribution in [3.63, 3.8) is 0 Å². The zero-order chi connectivity index (χ0) is 18.6. The summed E-state index contributed by atoms with van der Waals surface area (Å²) in [5.41, 5.74) is 0.0523. The molecule has 140 valence electrons. The molecule has 1 N–H and O–H groups in total. The Morgan fingerprint density at radius 1 is 1.16 bits per heavy atom. The van der Waals surface area contributed by atoms with Gasteiger partial charge >= 0.3 is 6.18 Å². The molecule has 1 aromatic rings. The van der Waals surface area contributed by atoms with E-state index in [0.29, 0.717) is 12.1 Å². The van der Waals surface area contributed by atoms with Crippen molar-refractivity contribution in [2.75, 3.05) is 26.2 Å². The number of hydrogen-bond donors (Lipinski definition) is 1. The lowest BCUT2D eigenvalue weighted by molar-refractivity contribution is -0.137. The molecule has 2 rings (SSSR count). The fraction of sp³-hybridized carbons (Fsp3) is 0.611. The van der Waals surface area contributed by atoms with Crippen LogP contribution in [-0.2, 0) is 17.5 Å². The van der Waals surface area contributed by atoms with Gasteiger partial charge in [0.15, 0.2) is 0 Å². The molecule has 1 aromatic carbocycles. The molecule has 7 heteroatoms. The van der Waals surface area contributed by atoms with Crippen molar-refractivity contribution >= 4 is 5.91 Å². The number of halogens is 3. The molecule has 25 heavy (non-hydrogen) atoms. The van der Waals surface area contributed by atoms with Crippen LogP contribution in [0.25, 0.3) is 0 Å². The first-order valence-electron chi connectivity index (χ1n) is 8.59. The summed E-state index contributed by atoms with van der Waals surface area (Å²) in [7, 11) is 0. The van der Waals surface area contributed by atoms with Gasteiger partial charge in [0.1, 0.15) is 0 Å². The molecule has 1 saturated heterocycles. The van der Waals surface area contributed by atoms with E-state index < -0.39 is 11.7 Å². The molecule has 0 unspecified atom stereocenters. The van der Waals surface area contributed by atoms with E-state index in [9.17, 15) is 18.0 Å². The smallest absolute Gasteiger partial charge is 0.353 e. The molecule has 1 aliphatic rings. The number of carbonyl (C=O) groups is 1. The van der Waals surface area contributed by atoms with Crippen molar-refractivity contribution < 1.29 is 18.0 Å². The minimum Gasteiger partial charge on any atom is -0.353 e. The Kier molecular flexibility index (Phi) is 6.46.